The molecule has 5 aromatic heterocycles. The number of rotatable bonds is 3. The standard InChI is InChI=1S/C58H32N4O/c1-2-12-34(13-3-1)55-46-26-21-33-11-4-5-14-39(33)56(46)60-58(59-55)62-50-20-9-6-15-40(50)42-24-22-35(29-51(42)62)36-23-25-43-48-28-37-27-47-45-18-10-17-44-41-16-7-8-19-49(41)61(57(44)45)52(47)30-38(37)32-54(48)63-53(43)31-36/h1-32H. The smallest absolute Gasteiger partial charge is 0.235 e. The van der Waals surface area contributed by atoms with Gasteiger partial charge in [-0.3, -0.25) is 4.57 Å². The summed E-state index contributed by atoms with van der Waals surface area (Å²) in [4.78, 5) is 10.8. The van der Waals surface area contributed by atoms with Gasteiger partial charge in [0.05, 0.1) is 38.8 Å². The Labute approximate surface area is 358 Å². The van der Waals surface area contributed by atoms with Crippen LogP contribution in [0.15, 0.2) is 199 Å². The normalized spacial score (nSPS) is 12.4. The Bertz CT molecular complexity index is 4440. The van der Waals surface area contributed by atoms with Gasteiger partial charge in [-0.2, -0.15) is 0 Å². The molecule has 0 amide bonds. The summed E-state index contributed by atoms with van der Waals surface area (Å²) in [5, 5.41) is 15.3. The number of fused-ring (bicyclic) bond motifs is 16. The SMILES string of the molecule is c1ccc(-c2nc(-n3c4ccccc4c4ccc(-c5ccc6c(c5)oc5cc7cc8c(cc7cc56)c5cccc6c7ccccc7n8c65)cc43)nc3c2ccc2ccccc23)cc1. The van der Waals surface area contributed by atoms with E-state index in [1.165, 1.54) is 43.5 Å². The van der Waals surface area contributed by atoms with E-state index in [2.05, 4.69) is 197 Å². The zero-order chi connectivity index (χ0) is 40.9. The van der Waals surface area contributed by atoms with Crippen LogP contribution in [-0.2, 0) is 0 Å². The molecule has 0 radical (unpaired) electrons. The van der Waals surface area contributed by atoms with Crippen LogP contribution in [0.4, 0.5) is 0 Å². The number of benzene rings is 10. The van der Waals surface area contributed by atoms with Gasteiger partial charge < -0.3 is 8.82 Å². The maximum Gasteiger partial charge on any atom is 0.235 e. The van der Waals surface area contributed by atoms with Crippen molar-refractivity contribution in [2.75, 3.05) is 0 Å². The highest BCUT2D eigenvalue weighted by atomic mass is 16.3. The summed E-state index contributed by atoms with van der Waals surface area (Å²) in [6.45, 7) is 0. The van der Waals surface area contributed by atoms with Gasteiger partial charge in [0.15, 0.2) is 0 Å². The largest absolute Gasteiger partial charge is 0.456 e. The molecule has 15 rings (SSSR count). The minimum atomic E-state index is 0.643. The van der Waals surface area contributed by atoms with Crippen molar-refractivity contribution in [1.82, 2.24) is 18.9 Å². The summed E-state index contributed by atoms with van der Waals surface area (Å²) in [6, 6.07) is 69.9. The van der Waals surface area contributed by atoms with E-state index in [0.717, 1.165) is 93.2 Å². The third kappa shape index (κ3) is 4.50. The fraction of sp³-hybridized carbons (Fsp3) is 0. The van der Waals surface area contributed by atoms with Gasteiger partial charge in [0.2, 0.25) is 5.95 Å². The van der Waals surface area contributed by atoms with Crippen molar-refractivity contribution in [3.8, 4) is 28.3 Å². The Hall–Kier alpha value is -8.54. The van der Waals surface area contributed by atoms with Gasteiger partial charge in [0.1, 0.15) is 11.2 Å². The molecule has 5 heteroatoms. The Morgan fingerprint density at radius 2 is 0.968 bits per heavy atom. The summed E-state index contributed by atoms with van der Waals surface area (Å²) in [5.41, 5.74) is 12.7. The molecule has 0 aliphatic rings. The van der Waals surface area contributed by atoms with Gasteiger partial charge in [0.25, 0.3) is 0 Å². The van der Waals surface area contributed by atoms with Gasteiger partial charge in [-0.05, 0) is 87.9 Å². The van der Waals surface area contributed by atoms with Crippen LogP contribution in [0.3, 0.4) is 0 Å². The number of hydrogen-bond acceptors (Lipinski definition) is 3. The van der Waals surface area contributed by atoms with E-state index < -0.39 is 0 Å². The average molecular weight is 801 g/mol. The van der Waals surface area contributed by atoms with E-state index >= 15 is 0 Å². The van der Waals surface area contributed by atoms with Crippen LogP contribution < -0.4 is 0 Å². The maximum absolute atomic E-state index is 6.74. The second kappa shape index (κ2) is 12.1. The predicted octanol–water partition coefficient (Wildman–Crippen LogP) is 15.4. The maximum atomic E-state index is 6.74. The summed E-state index contributed by atoms with van der Waals surface area (Å²) >= 11 is 0. The molecule has 63 heavy (non-hydrogen) atoms. The van der Waals surface area contributed by atoms with Crippen molar-refractivity contribution in [3.63, 3.8) is 0 Å². The average Bonchev–Trinajstić information content (AvgIpc) is 4.07. The van der Waals surface area contributed by atoms with Crippen molar-refractivity contribution in [3.05, 3.63) is 194 Å². The molecule has 5 nitrogen and oxygen atoms in total. The predicted molar refractivity (Wildman–Crippen MR) is 262 cm³/mol. The van der Waals surface area contributed by atoms with Crippen LogP contribution in [0.5, 0.6) is 0 Å². The lowest BCUT2D eigenvalue weighted by Gasteiger charge is -2.13. The number of furan rings is 1. The Balaban J connectivity index is 0.917. The summed E-state index contributed by atoms with van der Waals surface area (Å²) in [5.74, 6) is 0.643. The number of nitrogens with zero attached hydrogens (tertiary/aromatic N) is 4. The summed E-state index contributed by atoms with van der Waals surface area (Å²) in [7, 11) is 0. The molecular weight excluding hydrogens is 769 g/mol. The fourth-order valence-corrected chi connectivity index (χ4v) is 10.8. The van der Waals surface area contributed by atoms with Crippen LogP contribution in [0, 0.1) is 0 Å². The fourth-order valence-electron chi connectivity index (χ4n) is 10.8. The molecule has 15 aromatic rings. The summed E-state index contributed by atoms with van der Waals surface area (Å²) < 4.78 is 11.4. The lowest BCUT2D eigenvalue weighted by molar-refractivity contribution is 0.669. The van der Waals surface area contributed by atoms with Crippen LogP contribution in [0.25, 0.3) is 143 Å². The van der Waals surface area contributed by atoms with Crippen LogP contribution in [0.2, 0.25) is 0 Å². The topological polar surface area (TPSA) is 48.3 Å². The first kappa shape index (κ1) is 33.2. The second-order valence-electron chi connectivity index (χ2n) is 16.9. The van der Waals surface area contributed by atoms with Crippen molar-refractivity contribution in [2.45, 2.75) is 0 Å². The minimum Gasteiger partial charge on any atom is -0.456 e. The number of aromatic nitrogens is 4. The third-order valence-corrected chi connectivity index (χ3v) is 13.6. The molecule has 0 aliphatic heterocycles. The van der Waals surface area contributed by atoms with Gasteiger partial charge in [0, 0.05) is 59.4 Å². The Kier molecular flexibility index (Phi) is 6.36. The first-order valence-corrected chi connectivity index (χ1v) is 21.5. The first-order valence-electron chi connectivity index (χ1n) is 21.5. The van der Waals surface area contributed by atoms with Gasteiger partial charge >= 0.3 is 0 Å². The Morgan fingerprint density at radius 1 is 0.333 bits per heavy atom. The van der Waals surface area contributed by atoms with Crippen molar-refractivity contribution < 1.29 is 4.42 Å². The van der Waals surface area contributed by atoms with Crippen molar-refractivity contribution >= 4 is 114 Å². The monoisotopic (exact) mass is 800 g/mol. The first-order chi connectivity index (χ1) is 31.2. The molecule has 5 heterocycles. The Morgan fingerprint density at radius 3 is 1.84 bits per heavy atom. The molecule has 0 unspecified atom stereocenters. The molecule has 0 aliphatic carbocycles. The van der Waals surface area contributed by atoms with Crippen molar-refractivity contribution in [1.29, 1.82) is 0 Å². The van der Waals surface area contributed by atoms with E-state index in [-0.39, 0.29) is 0 Å². The van der Waals surface area contributed by atoms with Gasteiger partial charge in [-0.25, -0.2) is 9.97 Å². The molecule has 0 bridgehead atoms. The number of para-hydroxylation sites is 3. The zero-order valence-electron chi connectivity index (χ0n) is 33.7. The third-order valence-electron chi connectivity index (χ3n) is 13.6. The molecule has 0 spiro atoms. The summed E-state index contributed by atoms with van der Waals surface area (Å²) in [6.07, 6.45) is 0. The molecule has 290 valence electrons. The van der Waals surface area contributed by atoms with E-state index in [1.807, 2.05) is 6.07 Å². The highest BCUT2D eigenvalue weighted by Gasteiger charge is 2.21. The lowest BCUT2D eigenvalue weighted by Crippen LogP contribution is -2.04. The quantitative estimate of drug-likeness (QED) is 0.167. The second-order valence-corrected chi connectivity index (χ2v) is 16.9. The van der Waals surface area contributed by atoms with E-state index in [9.17, 15) is 0 Å². The molecular formula is C58H32N4O. The number of hydrogen-bond donors (Lipinski definition) is 0. The zero-order valence-corrected chi connectivity index (χ0v) is 33.7. The van der Waals surface area contributed by atoms with Gasteiger partial charge in [-0.15, -0.1) is 0 Å². The lowest BCUT2D eigenvalue weighted by atomic mass is 10.00. The van der Waals surface area contributed by atoms with Crippen LogP contribution in [0.1, 0.15) is 0 Å². The van der Waals surface area contributed by atoms with E-state index in [4.69, 9.17) is 14.4 Å². The molecule has 0 N–H and O–H groups in total. The molecule has 0 saturated heterocycles. The van der Waals surface area contributed by atoms with Crippen LogP contribution in [-0.4, -0.2) is 18.9 Å². The van der Waals surface area contributed by atoms with E-state index in [0.29, 0.717) is 5.95 Å². The van der Waals surface area contributed by atoms with Crippen LogP contribution >= 0.6 is 0 Å². The van der Waals surface area contributed by atoms with Crippen molar-refractivity contribution in [2.24, 2.45) is 0 Å². The highest BCUT2D eigenvalue weighted by Crippen LogP contribution is 2.43. The van der Waals surface area contributed by atoms with E-state index in [1.54, 1.807) is 0 Å². The molecule has 10 aromatic carbocycles. The molecule has 0 saturated carbocycles. The minimum absolute atomic E-state index is 0.643. The van der Waals surface area contributed by atoms with Gasteiger partial charge in [-0.1, -0.05) is 133 Å². The molecule has 0 atom stereocenters. The highest BCUT2D eigenvalue weighted by molar-refractivity contribution is 6.25. The molecule has 0 fully saturated rings.